The first-order valence-electron chi connectivity index (χ1n) is 6.26. The van der Waals surface area contributed by atoms with Crippen molar-refractivity contribution in [1.82, 2.24) is 5.16 Å². The number of ether oxygens (including phenoxy) is 2. The molecule has 0 saturated heterocycles. The van der Waals surface area contributed by atoms with Gasteiger partial charge in [-0.05, 0) is 19.1 Å². The lowest BCUT2D eigenvalue weighted by atomic mass is 10.0. The second kappa shape index (κ2) is 4.88. The summed E-state index contributed by atoms with van der Waals surface area (Å²) in [6.45, 7) is 3.10. The maximum absolute atomic E-state index is 10.8. The fourth-order valence-electron chi connectivity index (χ4n) is 2.16. The number of fused-ring (bicyclic) bond motifs is 1. The van der Waals surface area contributed by atoms with Gasteiger partial charge in [0.15, 0.2) is 11.5 Å². The number of nitrogens with zero attached hydrogens (tertiary/aromatic N) is 1. The topological polar surface area (TPSA) is 81.8 Å². The third-order valence-corrected chi connectivity index (χ3v) is 3.16. The van der Waals surface area contributed by atoms with Crippen LogP contribution in [0.4, 0.5) is 0 Å². The largest absolute Gasteiger partial charge is 0.490 e. The number of carboxylic acid groups (broad SMARTS) is 1. The Morgan fingerprint density at radius 3 is 2.85 bits per heavy atom. The smallest absolute Gasteiger partial charge is 0.374 e. The van der Waals surface area contributed by atoms with Crippen molar-refractivity contribution in [3.8, 4) is 22.8 Å². The Bertz CT molecular complexity index is 662. The minimum atomic E-state index is -1.14. The maximum atomic E-state index is 10.8. The minimum Gasteiger partial charge on any atom is -0.490 e. The number of aromatic carboxylic acids is 1. The lowest BCUT2D eigenvalue weighted by molar-refractivity contribution is 0.0652. The standard InChI is InChI=1S/C14H13NO5/c1-8-9(10-7-12(14(16)17)20-15-10)3-4-11-13(8)19-6-2-5-18-11/h3-4,7H,2,5-6H2,1H3,(H,16,17). The van der Waals surface area contributed by atoms with Gasteiger partial charge in [0.25, 0.3) is 0 Å². The molecule has 1 aliphatic rings. The van der Waals surface area contributed by atoms with Gasteiger partial charge in [-0.15, -0.1) is 0 Å². The average molecular weight is 275 g/mol. The minimum absolute atomic E-state index is 0.188. The number of carbonyl (C=O) groups is 1. The van der Waals surface area contributed by atoms with Gasteiger partial charge in [0.2, 0.25) is 5.76 Å². The molecule has 6 heteroatoms. The Morgan fingerprint density at radius 2 is 2.10 bits per heavy atom. The van der Waals surface area contributed by atoms with Crippen molar-refractivity contribution >= 4 is 5.97 Å². The molecule has 1 aliphatic heterocycles. The summed E-state index contributed by atoms with van der Waals surface area (Å²) in [7, 11) is 0. The molecule has 1 N–H and O–H groups in total. The van der Waals surface area contributed by atoms with Crippen LogP contribution in [0, 0.1) is 6.92 Å². The molecule has 0 aliphatic carbocycles. The highest BCUT2D eigenvalue weighted by Gasteiger charge is 2.19. The van der Waals surface area contributed by atoms with Crippen molar-refractivity contribution < 1.29 is 23.9 Å². The summed E-state index contributed by atoms with van der Waals surface area (Å²) in [6.07, 6.45) is 0.830. The molecule has 0 fully saturated rings. The van der Waals surface area contributed by atoms with E-state index in [2.05, 4.69) is 5.16 Å². The second-order valence-corrected chi connectivity index (χ2v) is 4.50. The maximum Gasteiger partial charge on any atom is 0.374 e. The van der Waals surface area contributed by atoms with Crippen LogP contribution in [0.25, 0.3) is 11.3 Å². The van der Waals surface area contributed by atoms with Crippen LogP contribution in [0.15, 0.2) is 22.7 Å². The van der Waals surface area contributed by atoms with Crippen molar-refractivity contribution in [3.05, 3.63) is 29.5 Å². The van der Waals surface area contributed by atoms with E-state index in [1.165, 1.54) is 6.07 Å². The molecule has 0 unspecified atom stereocenters. The van der Waals surface area contributed by atoms with Gasteiger partial charge in [0.05, 0.1) is 13.2 Å². The third kappa shape index (κ3) is 2.09. The summed E-state index contributed by atoms with van der Waals surface area (Å²) < 4.78 is 16.1. The number of hydrogen-bond acceptors (Lipinski definition) is 5. The second-order valence-electron chi connectivity index (χ2n) is 4.50. The van der Waals surface area contributed by atoms with E-state index in [0.29, 0.717) is 30.4 Å². The predicted octanol–water partition coefficient (Wildman–Crippen LogP) is 2.51. The monoisotopic (exact) mass is 275 g/mol. The SMILES string of the molecule is Cc1c(-c2cc(C(=O)O)on2)ccc2c1OCCCO2. The lowest BCUT2D eigenvalue weighted by Crippen LogP contribution is -1.98. The normalized spacial score (nSPS) is 13.8. The first kappa shape index (κ1) is 12.5. The molecule has 3 rings (SSSR count). The van der Waals surface area contributed by atoms with E-state index < -0.39 is 5.97 Å². The van der Waals surface area contributed by atoms with Gasteiger partial charge in [0.1, 0.15) is 5.69 Å². The van der Waals surface area contributed by atoms with Crippen molar-refractivity contribution in [2.75, 3.05) is 13.2 Å². The number of benzene rings is 1. The van der Waals surface area contributed by atoms with E-state index in [1.54, 1.807) is 6.07 Å². The number of rotatable bonds is 2. The van der Waals surface area contributed by atoms with Crippen molar-refractivity contribution in [1.29, 1.82) is 0 Å². The Morgan fingerprint density at radius 1 is 1.30 bits per heavy atom. The zero-order chi connectivity index (χ0) is 14.1. The molecular formula is C14H13NO5. The van der Waals surface area contributed by atoms with Crippen molar-refractivity contribution in [2.24, 2.45) is 0 Å². The fraction of sp³-hybridized carbons (Fsp3) is 0.286. The molecule has 1 aromatic carbocycles. The summed E-state index contributed by atoms with van der Waals surface area (Å²) >= 11 is 0. The van der Waals surface area contributed by atoms with Crippen molar-refractivity contribution in [2.45, 2.75) is 13.3 Å². The van der Waals surface area contributed by atoms with Gasteiger partial charge in [0, 0.05) is 23.6 Å². The van der Waals surface area contributed by atoms with Gasteiger partial charge < -0.3 is 19.1 Å². The van der Waals surface area contributed by atoms with Gasteiger partial charge in [-0.3, -0.25) is 0 Å². The molecule has 104 valence electrons. The number of hydrogen-bond donors (Lipinski definition) is 1. The van der Waals surface area contributed by atoms with Crippen LogP contribution in [-0.2, 0) is 0 Å². The summed E-state index contributed by atoms with van der Waals surface area (Å²) in [6, 6.07) is 5.03. The Hall–Kier alpha value is -2.50. The average Bonchev–Trinajstić information content (AvgIpc) is 2.78. The molecular weight excluding hydrogens is 262 g/mol. The van der Waals surface area contributed by atoms with Crippen LogP contribution in [-0.4, -0.2) is 29.4 Å². The first-order chi connectivity index (χ1) is 9.66. The molecule has 0 amide bonds. The molecule has 20 heavy (non-hydrogen) atoms. The van der Waals surface area contributed by atoms with E-state index in [9.17, 15) is 4.79 Å². The van der Waals surface area contributed by atoms with E-state index in [0.717, 1.165) is 17.5 Å². The van der Waals surface area contributed by atoms with E-state index in [1.807, 2.05) is 13.0 Å². The van der Waals surface area contributed by atoms with Crippen molar-refractivity contribution in [3.63, 3.8) is 0 Å². The van der Waals surface area contributed by atoms with Crippen LogP contribution < -0.4 is 9.47 Å². The van der Waals surface area contributed by atoms with Gasteiger partial charge in [-0.1, -0.05) is 5.16 Å². The van der Waals surface area contributed by atoms with E-state index in [4.69, 9.17) is 19.1 Å². The van der Waals surface area contributed by atoms with Crippen LogP contribution in [0.2, 0.25) is 0 Å². The summed E-state index contributed by atoms with van der Waals surface area (Å²) in [5.74, 6) is 0.0489. The molecule has 1 aromatic heterocycles. The summed E-state index contributed by atoms with van der Waals surface area (Å²) in [5.41, 5.74) is 2.09. The summed E-state index contributed by atoms with van der Waals surface area (Å²) in [4.78, 5) is 10.8. The molecule has 0 radical (unpaired) electrons. The van der Waals surface area contributed by atoms with Crippen LogP contribution in [0.1, 0.15) is 22.5 Å². The first-order valence-corrected chi connectivity index (χ1v) is 6.26. The van der Waals surface area contributed by atoms with Crippen LogP contribution in [0.5, 0.6) is 11.5 Å². The van der Waals surface area contributed by atoms with Crippen LogP contribution >= 0.6 is 0 Å². The van der Waals surface area contributed by atoms with E-state index in [-0.39, 0.29) is 5.76 Å². The fourth-order valence-corrected chi connectivity index (χ4v) is 2.16. The van der Waals surface area contributed by atoms with Crippen LogP contribution in [0.3, 0.4) is 0 Å². The number of carboxylic acids is 1. The molecule has 0 saturated carbocycles. The Labute approximate surface area is 114 Å². The Balaban J connectivity index is 2.05. The van der Waals surface area contributed by atoms with Gasteiger partial charge in [-0.25, -0.2) is 4.79 Å². The van der Waals surface area contributed by atoms with E-state index >= 15 is 0 Å². The molecule has 6 nitrogen and oxygen atoms in total. The zero-order valence-electron chi connectivity index (χ0n) is 10.9. The highest BCUT2D eigenvalue weighted by Crippen LogP contribution is 2.38. The number of aromatic nitrogens is 1. The molecule has 0 bridgehead atoms. The molecule has 2 heterocycles. The highest BCUT2D eigenvalue weighted by molar-refractivity contribution is 5.86. The third-order valence-electron chi connectivity index (χ3n) is 3.16. The van der Waals surface area contributed by atoms with Gasteiger partial charge >= 0.3 is 5.97 Å². The van der Waals surface area contributed by atoms with Gasteiger partial charge in [-0.2, -0.15) is 0 Å². The molecule has 2 aromatic rings. The molecule has 0 atom stereocenters. The Kier molecular flexibility index (Phi) is 3.06. The lowest BCUT2D eigenvalue weighted by Gasteiger charge is -2.12. The zero-order valence-corrected chi connectivity index (χ0v) is 10.9. The highest BCUT2D eigenvalue weighted by atomic mass is 16.5. The predicted molar refractivity (Wildman–Crippen MR) is 69.2 cm³/mol. The quantitative estimate of drug-likeness (QED) is 0.906. The molecule has 0 spiro atoms. The summed E-state index contributed by atoms with van der Waals surface area (Å²) in [5, 5.41) is 12.7.